The topological polar surface area (TPSA) is 152 Å². The summed E-state index contributed by atoms with van der Waals surface area (Å²) in [7, 11) is 0. The van der Waals surface area contributed by atoms with Crippen molar-refractivity contribution >= 4 is 17.9 Å². The van der Waals surface area contributed by atoms with Crippen molar-refractivity contribution in [2.45, 2.75) is 13.3 Å². The summed E-state index contributed by atoms with van der Waals surface area (Å²) in [4.78, 5) is 27.8. The van der Waals surface area contributed by atoms with Gasteiger partial charge in [-0.1, -0.05) is 26.7 Å². The van der Waals surface area contributed by atoms with E-state index >= 15 is 0 Å². The Labute approximate surface area is 129 Å². The van der Waals surface area contributed by atoms with Crippen LogP contribution in [0.3, 0.4) is 0 Å². The average molecular weight is 320 g/mol. The third kappa shape index (κ3) is 52.7. The summed E-state index contributed by atoms with van der Waals surface area (Å²) < 4.78 is 0. The molecule has 0 amide bonds. The second kappa shape index (κ2) is 23.6. The second-order valence-corrected chi connectivity index (χ2v) is 3.27. The zero-order valence-corrected chi connectivity index (χ0v) is 12.5. The summed E-state index contributed by atoms with van der Waals surface area (Å²) >= 11 is 0. The van der Waals surface area contributed by atoms with Crippen LogP contribution in [-0.4, -0.2) is 56.7 Å². The minimum Gasteiger partial charge on any atom is -0.478 e. The zero-order chi connectivity index (χ0) is 18.6. The molecule has 5 N–H and O–H groups in total. The van der Waals surface area contributed by atoms with Crippen LogP contribution < -0.4 is 0 Å². The van der Waals surface area contributed by atoms with Gasteiger partial charge in [0.25, 0.3) is 0 Å². The van der Waals surface area contributed by atoms with Gasteiger partial charge in [-0.2, -0.15) is 0 Å². The molecule has 0 saturated carbocycles. The Morgan fingerprint density at radius 3 is 1.00 bits per heavy atom. The van der Waals surface area contributed by atoms with Crippen molar-refractivity contribution in [1.82, 2.24) is 0 Å². The fourth-order valence-electron chi connectivity index (χ4n) is 0.316. The van der Waals surface area contributed by atoms with Crippen LogP contribution in [0.5, 0.6) is 0 Å². The van der Waals surface area contributed by atoms with E-state index in [0.717, 1.165) is 24.6 Å². The maximum atomic E-state index is 9.25. The van der Waals surface area contributed by atoms with Gasteiger partial charge in [-0.25, -0.2) is 14.4 Å². The number of carboxylic acids is 3. The van der Waals surface area contributed by atoms with Gasteiger partial charge in [0, 0.05) is 37.4 Å². The maximum absolute atomic E-state index is 9.25. The molecule has 0 fully saturated rings. The van der Waals surface area contributed by atoms with E-state index in [9.17, 15) is 14.4 Å². The van der Waals surface area contributed by atoms with E-state index in [1.807, 2.05) is 6.92 Å². The number of aliphatic carboxylic acids is 3. The Morgan fingerprint density at radius 1 is 0.818 bits per heavy atom. The summed E-state index contributed by atoms with van der Waals surface area (Å²) in [6.45, 7) is 11.0. The maximum Gasteiger partial charge on any atom is 0.327 e. The molecule has 8 heteroatoms. The molecule has 22 heavy (non-hydrogen) atoms. The molecule has 0 aliphatic heterocycles. The first-order valence-electron chi connectivity index (χ1n) is 5.94. The standard InChI is InChI=1S/C5H12O2.3C3H4O2/c1-2-5(3-6)4-7;3*1-2-3(4)5/h5-7H,2-4H2,1H3;3*2H,1H2,(H,4,5). The Balaban J connectivity index is -0.0000000995. The molecule has 0 aromatic carbocycles. The Bertz CT molecular complexity index is 283. The first-order valence-corrected chi connectivity index (χ1v) is 5.94. The van der Waals surface area contributed by atoms with Gasteiger partial charge in [-0.05, 0) is 6.42 Å². The quantitative estimate of drug-likeness (QED) is 0.450. The minimum absolute atomic E-state index is 0.0972. The lowest BCUT2D eigenvalue weighted by Crippen LogP contribution is -2.08. The van der Waals surface area contributed by atoms with Crippen LogP contribution in [0.1, 0.15) is 13.3 Å². The fraction of sp³-hybridized carbons (Fsp3) is 0.357. The average Bonchev–Trinajstić information content (AvgIpc) is 2.50. The summed E-state index contributed by atoms with van der Waals surface area (Å²) in [5.41, 5.74) is 0. The molecular weight excluding hydrogens is 296 g/mol. The van der Waals surface area contributed by atoms with E-state index in [-0.39, 0.29) is 19.1 Å². The summed E-state index contributed by atoms with van der Waals surface area (Å²) in [5, 5.41) is 39.5. The number of aliphatic hydroxyl groups is 2. The van der Waals surface area contributed by atoms with Gasteiger partial charge in [-0.15, -0.1) is 0 Å². The molecule has 128 valence electrons. The number of carbonyl (C=O) groups is 3. The highest BCUT2D eigenvalue weighted by atomic mass is 16.4. The molecule has 0 radical (unpaired) electrons. The van der Waals surface area contributed by atoms with Crippen molar-refractivity contribution in [2.24, 2.45) is 5.92 Å². The number of hydrogen-bond donors (Lipinski definition) is 5. The number of carboxylic acid groups (broad SMARTS) is 3. The van der Waals surface area contributed by atoms with Crippen LogP contribution in [0.2, 0.25) is 0 Å². The Kier molecular flexibility index (Phi) is 29.9. The highest BCUT2D eigenvalue weighted by molar-refractivity contribution is 5.79. The Hall–Kier alpha value is -2.45. The molecule has 0 rings (SSSR count). The third-order valence-electron chi connectivity index (χ3n) is 1.62. The first kappa shape index (κ1) is 27.8. The molecule has 0 aromatic rings. The number of rotatable bonds is 6. The van der Waals surface area contributed by atoms with E-state index in [4.69, 9.17) is 25.5 Å². The van der Waals surface area contributed by atoms with Crippen molar-refractivity contribution in [2.75, 3.05) is 13.2 Å². The molecule has 8 nitrogen and oxygen atoms in total. The van der Waals surface area contributed by atoms with Crippen molar-refractivity contribution in [3.8, 4) is 0 Å². The highest BCUT2D eigenvalue weighted by Crippen LogP contribution is 1.96. The lowest BCUT2D eigenvalue weighted by Gasteiger charge is -2.03. The monoisotopic (exact) mass is 320 g/mol. The van der Waals surface area contributed by atoms with Crippen molar-refractivity contribution in [3.05, 3.63) is 38.0 Å². The number of aliphatic hydroxyl groups excluding tert-OH is 2. The summed E-state index contributed by atoms with van der Waals surface area (Å²) in [5.74, 6) is -2.85. The molecule has 0 bridgehead atoms. The van der Waals surface area contributed by atoms with E-state index in [0.29, 0.717) is 0 Å². The van der Waals surface area contributed by atoms with Crippen LogP contribution in [0.25, 0.3) is 0 Å². The molecule has 0 saturated heterocycles. The molecule has 0 aliphatic carbocycles. The smallest absolute Gasteiger partial charge is 0.327 e. The lowest BCUT2D eigenvalue weighted by molar-refractivity contribution is -0.132. The van der Waals surface area contributed by atoms with Gasteiger partial charge < -0.3 is 25.5 Å². The molecule has 0 aliphatic rings. The van der Waals surface area contributed by atoms with Crippen molar-refractivity contribution in [3.63, 3.8) is 0 Å². The molecule has 0 heterocycles. The van der Waals surface area contributed by atoms with Gasteiger partial charge in [0.2, 0.25) is 0 Å². The second-order valence-electron chi connectivity index (χ2n) is 3.27. The van der Waals surface area contributed by atoms with E-state index < -0.39 is 17.9 Å². The van der Waals surface area contributed by atoms with Gasteiger partial charge in [0.15, 0.2) is 0 Å². The predicted octanol–water partition coefficient (Wildman–Crippen LogP) is 0.768. The van der Waals surface area contributed by atoms with Crippen LogP contribution in [0.15, 0.2) is 38.0 Å². The largest absolute Gasteiger partial charge is 0.478 e. The van der Waals surface area contributed by atoms with Gasteiger partial charge in [-0.3, -0.25) is 0 Å². The SMILES string of the molecule is C=CC(=O)O.C=CC(=O)O.C=CC(=O)O.CCC(CO)CO. The van der Waals surface area contributed by atoms with Crippen LogP contribution in [-0.2, 0) is 14.4 Å². The van der Waals surface area contributed by atoms with Crippen LogP contribution in [0.4, 0.5) is 0 Å². The molecule has 0 unspecified atom stereocenters. The van der Waals surface area contributed by atoms with Gasteiger partial charge >= 0.3 is 17.9 Å². The predicted molar refractivity (Wildman–Crippen MR) is 81.5 cm³/mol. The van der Waals surface area contributed by atoms with Crippen molar-refractivity contribution in [1.29, 1.82) is 0 Å². The normalized spacial score (nSPS) is 7.64. The minimum atomic E-state index is -0.981. The summed E-state index contributed by atoms with van der Waals surface area (Å²) in [6.07, 6.45) is 3.35. The fourth-order valence-corrected chi connectivity index (χ4v) is 0.316. The lowest BCUT2D eigenvalue weighted by atomic mass is 10.1. The molecular formula is C14H24O8. The molecule has 0 atom stereocenters. The zero-order valence-electron chi connectivity index (χ0n) is 12.5. The molecule has 0 spiro atoms. The third-order valence-corrected chi connectivity index (χ3v) is 1.62. The highest BCUT2D eigenvalue weighted by Gasteiger charge is 1.98. The van der Waals surface area contributed by atoms with E-state index in [1.165, 1.54) is 0 Å². The number of hydrogen-bond acceptors (Lipinski definition) is 5. The molecule has 0 aromatic heterocycles. The Morgan fingerprint density at radius 2 is 1.00 bits per heavy atom. The van der Waals surface area contributed by atoms with E-state index in [1.54, 1.807) is 0 Å². The summed E-state index contributed by atoms with van der Waals surface area (Å²) in [6, 6.07) is 0. The van der Waals surface area contributed by atoms with Crippen LogP contribution in [0, 0.1) is 5.92 Å². The first-order chi connectivity index (χ1) is 10.2. The van der Waals surface area contributed by atoms with Gasteiger partial charge in [0.05, 0.1) is 0 Å². The van der Waals surface area contributed by atoms with Crippen LogP contribution >= 0.6 is 0 Å². The van der Waals surface area contributed by atoms with Gasteiger partial charge in [0.1, 0.15) is 0 Å². The van der Waals surface area contributed by atoms with Crippen molar-refractivity contribution < 1.29 is 39.9 Å². The van der Waals surface area contributed by atoms with E-state index in [2.05, 4.69) is 19.7 Å².